The SMILES string of the molecule is CC(NC(=O)c1cn(CC(=O)O)nn1)c1ccc(Cl)s1. The molecular formula is C11H11ClN4O3S. The van der Waals surface area contributed by atoms with Gasteiger partial charge in [-0.1, -0.05) is 16.8 Å². The van der Waals surface area contributed by atoms with E-state index in [1.807, 2.05) is 13.0 Å². The Balaban J connectivity index is 2.01. The van der Waals surface area contributed by atoms with Crippen LogP contribution in [0.15, 0.2) is 18.3 Å². The quantitative estimate of drug-likeness (QED) is 0.873. The van der Waals surface area contributed by atoms with Crippen LogP contribution in [0.1, 0.15) is 28.3 Å². The number of thiophene rings is 1. The van der Waals surface area contributed by atoms with Gasteiger partial charge in [-0.05, 0) is 19.1 Å². The number of aliphatic carboxylic acids is 1. The van der Waals surface area contributed by atoms with Crippen molar-refractivity contribution in [2.24, 2.45) is 0 Å². The Morgan fingerprint density at radius 3 is 2.90 bits per heavy atom. The van der Waals surface area contributed by atoms with Gasteiger partial charge in [0.1, 0.15) is 6.54 Å². The smallest absolute Gasteiger partial charge is 0.325 e. The monoisotopic (exact) mass is 314 g/mol. The molecule has 0 spiro atoms. The average Bonchev–Trinajstić information content (AvgIpc) is 2.97. The Kier molecular flexibility index (Phi) is 4.35. The number of nitrogens with zero attached hydrogens (tertiary/aromatic N) is 3. The summed E-state index contributed by atoms with van der Waals surface area (Å²) in [6.07, 6.45) is 1.29. The highest BCUT2D eigenvalue weighted by Gasteiger charge is 2.16. The molecule has 2 rings (SSSR count). The zero-order valence-electron chi connectivity index (χ0n) is 10.4. The first kappa shape index (κ1) is 14.5. The first-order valence-electron chi connectivity index (χ1n) is 5.63. The van der Waals surface area contributed by atoms with Gasteiger partial charge in [0, 0.05) is 4.88 Å². The predicted molar refractivity (Wildman–Crippen MR) is 72.9 cm³/mol. The van der Waals surface area contributed by atoms with Crippen molar-refractivity contribution >= 4 is 34.8 Å². The van der Waals surface area contributed by atoms with Crippen molar-refractivity contribution in [1.29, 1.82) is 0 Å². The molecule has 0 aliphatic heterocycles. The second kappa shape index (κ2) is 6.02. The number of carboxylic acids is 1. The third-order valence-electron chi connectivity index (χ3n) is 2.44. The number of amides is 1. The number of aromatic nitrogens is 3. The second-order valence-electron chi connectivity index (χ2n) is 4.03. The number of carbonyl (C=O) groups excluding carboxylic acids is 1. The molecule has 2 aromatic rings. The van der Waals surface area contributed by atoms with Crippen molar-refractivity contribution in [1.82, 2.24) is 20.3 Å². The number of halogens is 1. The predicted octanol–water partition coefficient (Wildman–Crippen LogP) is 1.57. The maximum absolute atomic E-state index is 11.9. The zero-order chi connectivity index (χ0) is 14.7. The molecule has 2 N–H and O–H groups in total. The molecule has 0 bridgehead atoms. The maximum Gasteiger partial charge on any atom is 0.325 e. The molecule has 0 radical (unpaired) electrons. The van der Waals surface area contributed by atoms with Crippen LogP contribution < -0.4 is 5.32 Å². The Labute approximate surface area is 123 Å². The Hall–Kier alpha value is -1.93. The van der Waals surface area contributed by atoms with E-state index in [4.69, 9.17) is 16.7 Å². The minimum Gasteiger partial charge on any atom is -0.480 e. The Morgan fingerprint density at radius 2 is 2.30 bits per heavy atom. The summed E-state index contributed by atoms with van der Waals surface area (Å²) in [6, 6.07) is 3.37. The minimum absolute atomic E-state index is 0.0701. The summed E-state index contributed by atoms with van der Waals surface area (Å²) in [5.74, 6) is -1.47. The van der Waals surface area contributed by atoms with Gasteiger partial charge in [-0.15, -0.1) is 16.4 Å². The number of hydrogen-bond acceptors (Lipinski definition) is 5. The van der Waals surface area contributed by atoms with Crippen molar-refractivity contribution in [2.45, 2.75) is 19.5 Å². The summed E-state index contributed by atoms with van der Waals surface area (Å²) in [6.45, 7) is 1.48. The number of hydrogen-bond donors (Lipinski definition) is 2. The molecule has 20 heavy (non-hydrogen) atoms. The van der Waals surface area contributed by atoms with Gasteiger partial charge in [0.05, 0.1) is 16.6 Å². The van der Waals surface area contributed by atoms with E-state index in [1.54, 1.807) is 6.07 Å². The van der Waals surface area contributed by atoms with Gasteiger partial charge in [0.2, 0.25) is 0 Å². The van der Waals surface area contributed by atoms with Gasteiger partial charge in [0.15, 0.2) is 5.69 Å². The van der Waals surface area contributed by atoms with Crippen molar-refractivity contribution in [2.75, 3.05) is 0 Å². The number of carboxylic acid groups (broad SMARTS) is 1. The average molecular weight is 315 g/mol. The van der Waals surface area contributed by atoms with Crippen molar-refractivity contribution in [3.05, 3.63) is 33.2 Å². The number of carbonyl (C=O) groups is 2. The molecule has 2 heterocycles. The lowest BCUT2D eigenvalue weighted by molar-refractivity contribution is -0.137. The van der Waals surface area contributed by atoms with E-state index in [0.717, 1.165) is 9.56 Å². The molecule has 2 aromatic heterocycles. The molecule has 9 heteroatoms. The standard InChI is InChI=1S/C11H11ClN4O3S/c1-6(8-2-3-9(12)20-8)13-11(19)7-4-16(15-14-7)5-10(17)18/h2-4,6H,5H2,1H3,(H,13,19)(H,17,18). The van der Waals surface area contributed by atoms with Crippen LogP contribution in [0.4, 0.5) is 0 Å². The fourth-order valence-corrected chi connectivity index (χ4v) is 2.58. The van der Waals surface area contributed by atoms with Gasteiger partial charge >= 0.3 is 5.97 Å². The third-order valence-corrected chi connectivity index (χ3v) is 3.85. The summed E-state index contributed by atoms with van der Waals surface area (Å²) in [7, 11) is 0. The third kappa shape index (κ3) is 3.55. The van der Waals surface area contributed by atoms with Crippen LogP contribution in [0, 0.1) is 0 Å². The lowest BCUT2D eigenvalue weighted by Gasteiger charge is -2.10. The van der Waals surface area contributed by atoms with Crippen molar-refractivity contribution in [3.63, 3.8) is 0 Å². The lowest BCUT2D eigenvalue weighted by atomic mass is 10.2. The largest absolute Gasteiger partial charge is 0.480 e. The normalized spacial score (nSPS) is 12.1. The molecule has 0 aliphatic carbocycles. The zero-order valence-corrected chi connectivity index (χ0v) is 12.0. The molecule has 1 amide bonds. The summed E-state index contributed by atoms with van der Waals surface area (Å²) in [4.78, 5) is 23.4. The summed E-state index contributed by atoms with van der Waals surface area (Å²) in [5, 5.41) is 18.6. The van der Waals surface area contributed by atoms with E-state index in [9.17, 15) is 9.59 Å². The summed E-state index contributed by atoms with van der Waals surface area (Å²) in [5.41, 5.74) is 0.0701. The van der Waals surface area contributed by atoms with Gasteiger partial charge < -0.3 is 10.4 Å². The fraction of sp³-hybridized carbons (Fsp3) is 0.273. The van der Waals surface area contributed by atoms with Gasteiger partial charge in [-0.25, -0.2) is 4.68 Å². The van der Waals surface area contributed by atoms with E-state index < -0.39 is 11.9 Å². The van der Waals surface area contributed by atoms with Crippen LogP contribution in [-0.4, -0.2) is 32.0 Å². The first-order valence-corrected chi connectivity index (χ1v) is 6.83. The molecule has 1 unspecified atom stereocenters. The molecule has 0 saturated heterocycles. The van der Waals surface area contributed by atoms with Crippen LogP contribution in [0.5, 0.6) is 0 Å². The molecule has 7 nitrogen and oxygen atoms in total. The van der Waals surface area contributed by atoms with Crippen LogP contribution >= 0.6 is 22.9 Å². The maximum atomic E-state index is 11.9. The Morgan fingerprint density at radius 1 is 1.55 bits per heavy atom. The summed E-state index contributed by atoms with van der Waals surface area (Å²) < 4.78 is 1.73. The van der Waals surface area contributed by atoms with E-state index >= 15 is 0 Å². The lowest BCUT2D eigenvalue weighted by Crippen LogP contribution is -2.26. The van der Waals surface area contributed by atoms with E-state index in [2.05, 4.69) is 15.6 Å². The molecule has 1 atom stereocenters. The topological polar surface area (TPSA) is 97.1 Å². The first-order chi connectivity index (χ1) is 9.45. The van der Waals surface area contributed by atoms with E-state index in [1.165, 1.54) is 17.5 Å². The Bertz CT molecular complexity index is 639. The molecule has 0 aliphatic rings. The molecule has 0 saturated carbocycles. The molecule has 106 valence electrons. The second-order valence-corrected chi connectivity index (χ2v) is 5.78. The van der Waals surface area contributed by atoms with Crippen molar-refractivity contribution < 1.29 is 14.7 Å². The van der Waals surface area contributed by atoms with E-state index in [0.29, 0.717) is 4.34 Å². The van der Waals surface area contributed by atoms with Crippen LogP contribution in [0.25, 0.3) is 0 Å². The van der Waals surface area contributed by atoms with Gasteiger partial charge in [0.25, 0.3) is 5.91 Å². The van der Waals surface area contributed by atoms with Crippen LogP contribution in [0.2, 0.25) is 4.34 Å². The molecule has 0 fully saturated rings. The highest BCUT2D eigenvalue weighted by atomic mass is 35.5. The van der Waals surface area contributed by atoms with Gasteiger partial charge in [-0.2, -0.15) is 0 Å². The molecular weight excluding hydrogens is 304 g/mol. The van der Waals surface area contributed by atoms with Gasteiger partial charge in [-0.3, -0.25) is 9.59 Å². The minimum atomic E-state index is -1.05. The highest BCUT2D eigenvalue weighted by molar-refractivity contribution is 7.16. The van der Waals surface area contributed by atoms with E-state index in [-0.39, 0.29) is 18.3 Å². The molecule has 0 aromatic carbocycles. The van der Waals surface area contributed by atoms with Crippen LogP contribution in [0.3, 0.4) is 0 Å². The summed E-state index contributed by atoms with van der Waals surface area (Å²) >= 11 is 7.21. The highest BCUT2D eigenvalue weighted by Crippen LogP contribution is 2.26. The number of nitrogens with one attached hydrogen (secondary N) is 1. The number of rotatable bonds is 5. The fourth-order valence-electron chi connectivity index (χ4n) is 1.52. The van der Waals surface area contributed by atoms with Crippen LogP contribution in [-0.2, 0) is 11.3 Å². The van der Waals surface area contributed by atoms with Crippen molar-refractivity contribution in [3.8, 4) is 0 Å².